The maximum Gasteiger partial charge on any atom is 0.345 e. The van der Waals surface area contributed by atoms with Crippen LogP contribution in [0, 0.1) is 6.92 Å². The number of alkyl halides is 2. The van der Waals surface area contributed by atoms with Gasteiger partial charge in [-0.05, 0) is 39.0 Å². The maximum absolute atomic E-state index is 12.3. The molecular weight excluding hydrogens is 304 g/mol. The molecule has 1 saturated carbocycles. The van der Waals surface area contributed by atoms with Gasteiger partial charge in [0.25, 0.3) is 5.78 Å². The van der Waals surface area contributed by atoms with Crippen molar-refractivity contribution in [3.8, 4) is 0 Å². The summed E-state index contributed by atoms with van der Waals surface area (Å²) < 4.78 is 30.9. The number of hydrogen-bond donors (Lipinski definition) is 1. The first-order valence-corrected chi connectivity index (χ1v) is 7.97. The van der Waals surface area contributed by atoms with E-state index in [9.17, 15) is 8.78 Å². The molecule has 1 aliphatic carbocycles. The van der Waals surface area contributed by atoms with Crippen LogP contribution in [0.5, 0.6) is 0 Å². The molecule has 6 nitrogen and oxygen atoms in total. The summed E-state index contributed by atoms with van der Waals surface area (Å²) in [5, 5.41) is 7.77. The Hall–Kier alpha value is -1.83. The van der Waals surface area contributed by atoms with Gasteiger partial charge in [-0.2, -0.15) is 23.4 Å². The highest BCUT2D eigenvalue weighted by atomic mass is 19.3. The predicted molar refractivity (Wildman–Crippen MR) is 81.7 cm³/mol. The highest BCUT2D eigenvalue weighted by Crippen LogP contribution is 2.27. The van der Waals surface area contributed by atoms with Gasteiger partial charge in [-0.3, -0.25) is 0 Å². The van der Waals surface area contributed by atoms with Crippen molar-refractivity contribution in [3.05, 3.63) is 17.6 Å². The summed E-state index contributed by atoms with van der Waals surface area (Å²) in [5.41, 5.74) is 2.04. The zero-order chi connectivity index (χ0) is 16.4. The normalized spacial score (nSPS) is 22.0. The third-order valence-electron chi connectivity index (χ3n) is 4.40. The lowest BCUT2D eigenvalue weighted by atomic mass is 9.93. The van der Waals surface area contributed by atoms with Crippen molar-refractivity contribution in [2.45, 2.75) is 64.7 Å². The van der Waals surface area contributed by atoms with Crippen molar-refractivity contribution < 1.29 is 13.5 Å². The van der Waals surface area contributed by atoms with E-state index in [2.05, 4.69) is 32.0 Å². The number of anilines is 1. The van der Waals surface area contributed by atoms with Crippen molar-refractivity contribution in [1.29, 1.82) is 0 Å². The molecule has 1 fully saturated rings. The molecule has 3 rings (SSSR count). The zero-order valence-corrected chi connectivity index (χ0v) is 13.3. The fourth-order valence-electron chi connectivity index (χ4n) is 3.24. The van der Waals surface area contributed by atoms with Crippen LogP contribution < -0.4 is 5.32 Å². The van der Waals surface area contributed by atoms with Crippen LogP contribution >= 0.6 is 0 Å². The molecule has 0 amide bonds. The average Bonchev–Trinajstić information content (AvgIpc) is 2.97. The van der Waals surface area contributed by atoms with Gasteiger partial charge in [0.05, 0.1) is 6.10 Å². The number of aryl methyl sites for hydroxylation is 1. The van der Waals surface area contributed by atoms with Gasteiger partial charge in [0.1, 0.15) is 12.1 Å². The number of nitrogens with one attached hydrogen (secondary N) is 1. The van der Waals surface area contributed by atoms with Gasteiger partial charge in [0.15, 0.2) is 0 Å². The van der Waals surface area contributed by atoms with E-state index in [0.717, 1.165) is 36.3 Å². The number of aromatic nitrogens is 4. The van der Waals surface area contributed by atoms with E-state index in [1.807, 2.05) is 6.92 Å². The lowest BCUT2D eigenvalue weighted by Crippen LogP contribution is -2.32. The van der Waals surface area contributed by atoms with Crippen LogP contribution in [-0.4, -0.2) is 38.3 Å². The molecule has 0 bridgehead atoms. The molecule has 126 valence electrons. The van der Waals surface area contributed by atoms with Crippen LogP contribution in [-0.2, 0) is 11.2 Å². The molecule has 8 heteroatoms. The molecule has 0 aliphatic heterocycles. The number of fused-ring (bicyclic) bond motifs is 1. The molecule has 1 N–H and O–H groups in total. The van der Waals surface area contributed by atoms with Gasteiger partial charge in [0, 0.05) is 17.3 Å². The minimum Gasteiger partial charge on any atom is -0.367 e. The summed E-state index contributed by atoms with van der Waals surface area (Å²) in [6, 6.07) is 0.215. The van der Waals surface area contributed by atoms with E-state index in [1.165, 1.54) is 6.33 Å². The molecule has 0 unspecified atom stereocenters. The number of nitrogens with zero attached hydrogens (tertiary/aromatic N) is 4. The van der Waals surface area contributed by atoms with Crippen molar-refractivity contribution >= 4 is 11.6 Å². The van der Waals surface area contributed by atoms with Gasteiger partial charge >= 0.3 is 6.61 Å². The van der Waals surface area contributed by atoms with Crippen molar-refractivity contribution in [2.75, 3.05) is 5.32 Å². The number of hydrogen-bond acceptors (Lipinski definition) is 5. The smallest absolute Gasteiger partial charge is 0.345 e. The summed E-state index contributed by atoms with van der Waals surface area (Å²) in [4.78, 5) is 8.60. The van der Waals surface area contributed by atoms with E-state index in [-0.39, 0.29) is 12.1 Å². The first kappa shape index (κ1) is 16.0. The zero-order valence-electron chi connectivity index (χ0n) is 13.3. The lowest BCUT2D eigenvalue weighted by molar-refractivity contribution is -0.169. The molecule has 0 radical (unpaired) electrons. The Morgan fingerprint density at radius 2 is 2.09 bits per heavy atom. The number of halogens is 2. The van der Waals surface area contributed by atoms with Gasteiger partial charge in [-0.15, -0.1) is 0 Å². The Morgan fingerprint density at radius 1 is 1.35 bits per heavy atom. The Kier molecular flexibility index (Phi) is 4.70. The number of ether oxygens (including phenoxy) is 1. The summed E-state index contributed by atoms with van der Waals surface area (Å²) in [7, 11) is 0. The van der Waals surface area contributed by atoms with E-state index >= 15 is 0 Å². The summed E-state index contributed by atoms with van der Waals surface area (Å²) in [6.07, 6.45) is 4.82. The van der Waals surface area contributed by atoms with Crippen LogP contribution in [0.4, 0.5) is 14.6 Å². The first-order chi connectivity index (χ1) is 11.1. The van der Waals surface area contributed by atoms with Crippen LogP contribution in [0.2, 0.25) is 0 Å². The Labute approximate surface area is 133 Å². The van der Waals surface area contributed by atoms with E-state index in [4.69, 9.17) is 0 Å². The predicted octanol–water partition coefficient (Wildman–Crippen LogP) is 2.96. The highest BCUT2D eigenvalue weighted by molar-refractivity contribution is 5.53. The second kappa shape index (κ2) is 6.74. The average molecular weight is 325 g/mol. The fourth-order valence-corrected chi connectivity index (χ4v) is 3.24. The molecule has 2 heterocycles. The van der Waals surface area contributed by atoms with Crippen LogP contribution in [0.25, 0.3) is 5.78 Å². The minimum absolute atomic E-state index is 0.215. The third-order valence-corrected chi connectivity index (χ3v) is 4.40. The molecule has 0 aromatic carbocycles. The molecule has 2 aromatic heterocycles. The highest BCUT2D eigenvalue weighted by Gasteiger charge is 2.25. The molecule has 23 heavy (non-hydrogen) atoms. The summed E-state index contributed by atoms with van der Waals surface area (Å²) in [6.45, 7) is 1.35. The minimum atomic E-state index is -2.69. The molecule has 0 saturated heterocycles. The van der Waals surface area contributed by atoms with Crippen molar-refractivity contribution in [3.63, 3.8) is 0 Å². The molecule has 2 aromatic rings. The Morgan fingerprint density at radius 3 is 2.74 bits per heavy atom. The summed E-state index contributed by atoms with van der Waals surface area (Å²) in [5.74, 6) is 1.47. The number of rotatable bonds is 5. The fraction of sp³-hybridized carbons (Fsp3) is 0.667. The van der Waals surface area contributed by atoms with Crippen molar-refractivity contribution in [2.24, 2.45) is 0 Å². The standard InChI is InChI=1S/C15H21F2N5O/c1-3-12-9(2)20-15-18-8-19-22(15)13(12)21-10-4-6-11(7-5-10)23-14(16)17/h8,10-11,14,21H,3-7H2,1-2H3. The quantitative estimate of drug-likeness (QED) is 0.915. The maximum atomic E-state index is 12.3. The molecule has 0 atom stereocenters. The van der Waals surface area contributed by atoms with E-state index in [0.29, 0.717) is 18.6 Å². The Balaban J connectivity index is 1.76. The first-order valence-electron chi connectivity index (χ1n) is 7.97. The molecular formula is C15H21F2N5O. The van der Waals surface area contributed by atoms with Crippen LogP contribution in [0.1, 0.15) is 43.9 Å². The van der Waals surface area contributed by atoms with Crippen molar-refractivity contribution in [1.82, 2.24) is 19.6 Å². The van der Waals surface area contributed by atoms with Gasteiger partial charge < -0.3 is 10.1 Å². The summed E-state index contributed by atoms with van der Waals surface area (Å²) >= 11 is 0. The second-order valence-corrected chi connectivity index (χ2v) is 5.86. The topological polar surface area (TPSA) is 64.3 Å². The van der Waals surface area contributed by atoms with E-state index in [1.54, 1.807) is 4.52 Å². The van der Waals surface area contributed by atoms with Crippen LogP contribution in [0.15, 0.2) is 6.33 Å². The van der Waals surface area contributed by atoms with Crippen LogP contribution in [0.3, 0.4) is 0 Å². The Bertz CT molecular complexity index is 667. The van der Waals surface area contributed by atoms with Gasteiger partial charge in [0.2, 0.25) is 0 Å². The van der Waals surface area contributed by atoms with Gasteiger partial charge in [-0.25, -0.2) is 4.98 Å². The SMILES string of the molecule is CCc1c(C)nc2ncnn2c1NC1CCC(OC(F)F)CC1. The third kappa shape index (κ3) is 3.41. The largest absolute Gasteiger partial charge is 0.367 e. The van der Waals surface area contributed by atoms with Gasteiger partial charge in [-0.1, -0.05) is 6.92 Å². The van der Waals surface area contributed by atoms with E-state index < -0.39 is 6.61 Å². The molecule has 1 aliphatic rings. The lowest BCUT2D eigenvalue weighted by Gasteiger charge is -2.30. The second-order valence-electron chi connectivity index (χ2n) is 5.86. The monoisotopic (exact) mass is 325 g/mol. The molecule has 0 spiro atoms.